The van der Waals surface area contributed by atoms with Gasteiger partial charge in [0.2, 0.25) is 0 Å². The number of para-hydroxylation sites is 1. The number of benzene rings is 4. The quantitative estimate of drug-likeness (QED) is 0.429. The topological polar surface area (TPSA) is 3.24 Å². The molecule has 3 aliphatic carbocycles. The van der Waals surface area contributed by atoms with Crippen molar-refractivity contribution in [1.29, 1.82) is 0 Å². The van der Waals surface area contributed by atoms with Crippen LogP contribution in [0.3, 0.4) is 0 Å². The Hall–Kier alpha value is -3.32. The summed E-state index contributed by atoms with van der Waals surface area (Å²) in [6.45, 7) is 0. The van der Waals surface area contributed by atoms with E-state index in [2.05, 4.69) is 115 Å². The molecule has 28 heavy (non-hydrogen) atoms. The Balaban J connectivity index is 1.79. The van der Waals surface area contributed by atoms with Gasteiger partial charge < -0.3 is 4.90 Å². The van der Waals surface area contributed by atoms with Crippen molar-refractivity contribution in [3.8, 4) is 0 Å². The summed E-state index contributed by atoms with van der Waals surface area (Å²) in [6.07, 6.45) is 0. The fraction of sp³-hybridized carbons (Fsp3) is 0.111. The van der Waals surface area contributed by atoms with Gasteiger partial charge in [0, 0.05) is 18.7 Å². The Morgan fingerprint density at radius 2 is 0.929 bits per heavy atom. The molecule has 3 aliphatic rings. The summed E-state index contributed by atoms with van der Waals surface area (Å²) in [5.74, 6) is 0.314. The van der Waals surface area contributed by atoms with Crippen LogP contribution in [-0.4, -0.2) is 7.05 Å². The van der Waals surface area contributed by atoms with Crippen LogP contribution in [0.2, 0.25) is 0 Å². The van der Waals surface area contributed by atoms with Gasteiger partial charge in [0.05, 0.1) is 0 Å². The van der Waals surface area contributed by atoms with Gasteiger partial charge in [-0.15, -0.1) is 0 Å². The lowest BCUT2D eigenvalue weighted by molar-refractivity contribution is 0.533. The van der Waals surface area contributed by atoms with Crippen LogP contribution in [0.15, 0.2) is 103 Å². The molecule has 0 saturated carbocycles. The molecule has 0 atom stereocenters. The first kappa shape index (κ1) is 15.7. The van der Waals surface area contributed by atoms with Crippen molar-refractivity contribution >= 4 is 5.69 Å². The van der Waals surface area contributed by atoms with Crippen molar-refractivity contribution in [2.45, 2.75) is 11.5 Å². The van der Waals surface area contributed by atoms with Crippen LogP contribution in [0.4, 0.5) is 5.69 Å². The number of nitrogens with zero attached hydrogens (tertiary/aromatic N) is 1. The van der Waals surface area contributed by atoms with Crippen molar-refractivity contribution in [1.82, 2.24) is 0 Å². The minimum atomic E-state index is -0.320. The summed E-state index contributed by atoms with van der Waals surface area (Å²) in [5.41, 5.74) is 9.42. The van der Waals surface area contributed by atoms with Crippen LogP contribution < -0.4 is 4.90 Å². The summed E-state index contributed by atoms with van der Waals surface area (Å²) in [4.78, 5) is 2.47. The molecular formula is C27H21N. The Kier molecular flexibility index (Phi) is 3.14. The summed E-state index contributed by atoms with van der Waals surface area (Å²) >= 11 is 0. The SMILES string of the molecule is CN(c1ccccc1)C12c3ccccc3C(c3ccccc31)c1ccccc12. The molecule has 4 aromatic carbocycles. The smallest absolute Gasteiger partial charge is 0.117 e. The molecule has 134 valence electrons. The van der Waals surface area contributed by atoms with Gasteiger partial charge in [0.25, 0.3) is 0 Å². The predicted octanol–water partition coefficient (Wildman–Crippen LogP) is 5.92. The first-order valence-corrected chi connectivity index (χ1v) is 9.90. The molecule has 0 heterocycles. The number of anilines is 1. The van der Waals surface area contributed by atoms with E-state index in [9.17, 15) is 0 Å². The fourth-order valence-electron chi connectivity index (χ4n) is 5.56. The summed E-state index contributed by atoms with van der Waals surface area (Å²) < 4.78 is 0. The highest BCUT2D eigenvalue weighted by molar-refractivity contribution is 5.75. The molecule has 0 spiro atoms. The van der Waals surface area contributed by atoms with Gasteiger partial charge in [0.15, 0.2) is 0 Å². The Labute approximate surface area is 165 Å². The highest BCUT2D eigenvalue weighted by Gasteiger charge is 2.53. The van der Waals surface area contributed by atoms with Gasteiger partial charge in [-0.05, 0) is 45.5 Å². The molecule has 0 unspecified atom stereocenters. The molecular weight excluding hydrogens is 338 g/mol. The third-order valence-electron chi connectivity index (χ3n) is 6.63. The zero-order chi connectivity index (χ0) is 18.7. The van der Waals surface area contributed by atoms with Crippen molar-refractivity contribution in [2.24, 2.45) is 0 Å². The van der Waals surface area contributed by atoms with Crippen molar-refractivity contribution in [3.05, 3.63) is 137 Å². The van der Waals surface area contributed by atoms with Crippen LogP contribution in [0, 0.1) is 0 Å². The van der Waals surface area contributed by atoms with Crippen LogP contribution in [0.25, 0.3) is 0 Å². The highest BCUT2D eigenvalue weighted by atomic mass is 15.2. The fourth-order valence-corrected chi connectivity index (χ4v) is 5.56. The molecule has 0 aromatic heterocycles. The van der Waals surface area contributed by atoms with Crippen LogP contribution in [0.5, 0.6) is 0 Å². The van der Waals surface area contributed by atoms with Crippen LogP contribution in [-0.2, 0) is 5.54 Å². The Bertz CT molecular complexity index is 1080. The van der Waals surface area contributed by atoms with E-state index in [1.807, 2.05) is 0 Å². The van der Waals surface area contributed by atoms with Crippen LogP contribution >= 0.6 is 0 Å². The highest BCUT2D eigenvalue weighted by Crippen LogP contribution is 2.60. The minimum absolute atomic E-state index is 0.314. The monoisotopic (exact) mass is 359 g/mol. The third kappa shape index (κ3) is 1.77. The number of hydrogen-bond donors (Lipinski definition) is 0. The number of rotatable bonds is 2. The molecule has 4 aromatic rings. The van der Waals surface area contributed by atoms with Gasteiger partial charge in [-0.1, -0.05) is 91.0 Å². The molecule has 1 nitrogen and oxygen atoms in total. The van der Waals surface area contributed by atoms with E-state index < -0.39 is 0 Å². The third-order valence-corrected chi connectivity index (χ3v) is 6.63. The molecule has 0 amide bonds. The summed E-state index contributed by atoms with van der Waals surface area (Å²) in [5, 5.41) is 0. The number of hydrogen-bond acceptors (Lipinski definition) is 1. The largest absolute Gasteiger partial charge is 0.357 e. The van der Waals surface area contributed by atoms with E-state index in [0.717, 1.165) is 0 Å². The zero-order valence-electron chi connectivity index (χ0n) is 15.8. The predicted molar refractivity (Wildman–Crippen MR) is 115 cm³/mol. The molecule has 0 saturated heterocycles. The lowest BCUT2D eigenvalue weighted by Crippen LogP contribution is -2.53. The first-order chi connectivity index (χ1) is 13.8. The van der Waals surface area contributed by atoms with E-state index in [4.69, 9.17) is 0 Å². The average molecular weight is 359 g/mol. The molecule has 0 fully saturated rings. The minimum Gasteiger partial charge on any atom is -0.357 e. The van der Waals surface area contributed by atoms with Gasteiger partial charge in [-0.3, -0.25) is 0 Å². The second-order valence-corrected chi connectivity index (χ2v) is 7.80. The molecule has 0 N–H and O–H groups in total. The van der Waals surface area contributed by atoms with E-state index in [-0.39, 0.29) is 5.54 Å². The van der Waals surface area contributed by atoms with Gasteiger partial charge in [0.1, 0.15) is 5.54 Å². The molecule has 0 aliphatic heterocycles. The van der Waals surface area contributed by atoms with Crippen molar-refractivity contribution < 1.29 is 0 Å². The lowest BCUT2D eigenvalue weighted by Gasteiger charge is -2.55. The second kappa shape index (κ2) is 5.59. The second-order valence-electron chi connectivity index (χ2n) is 7.80. The van der Waals surface area contributed by atoms with Gasteiger partial charge >= 0.3 is 0 Å². The summed E-state index contributed by atoms with van der Waals surface area (Å²) in [7, 11) is 2.24. The van der Waals surface area contributed by atoms with E-state index in [0.29, 0.717) is 5.92 Å². The Morgan fingerprint density at radius 1 is 0.536 bits per heavy atom. The molecule has 1 heteroatoms. The van der Waals surface area contributed by atoms with E-state index in [1.165, 1.54) is 39.1 Å². The van der Waals surface area contributed by atoms with Gasteiger partial charge in [-0.2, -0.15) is 0 Å². The summed E-state index contributed by atoms with van der Waals surface area (Å²) in [6, 6.07) is 37.8. The maximum absolute atomic E-state index is 2.47. The maximum Gasteiger partial charge on any atom is 0.117 e. The van der Waals surface area contributed by atoms with Crippen LogP contribution in [0.1, 0.15) is 39.3 Å². The average Bonchev–Trinajstić information content (AvgIpc) is 2.79. The Morgan fingerprint density at radius 3 is 1.39 bits per heavy atom. The van der Waals surface area contributed by atoms with Crippen molar-refractivity contribution in [2.75, 3.05) is 11.9 Å². The zero-order valence-corrected chi connectivity index (χ0v) is 15.8. The normalized spacial score (nSPS) is 20.8. The molecule has 2 bridgehead atoms. The standard InChI is InChI=1S/C27H21N/c1-28(19-11-3-2-4-12-19)27-23-16-8-5-13-20(23)26(21-14-6-9-17-24(21)27)22-15-7-10-18-25(22)27/h2-18,26H,1H3. The maximum atomic E-state index is 2.47. The van der Waals surface area contributed by atoms with E-state index >= 15 is 0 Å². The van der Waals surface area contributed by atoms with Gasteiger partial charge in [-0.25, -0.2) is 0 Å². The molecule has 7 rings (SSSR count). The lowest BCUT2D eigenvalue weighted by atomic mass is 9.56. The van der Waals surface area contributed by atoms with Crippen molar-refractivity contribution in [3.63, 3.8) is 0 Å². The first-order valence-electron chi connectivity index (χ1n) is 9.90. The van der Waals surface area contributed by atoms with E-state index in [1.54, 1.807) is 0 Å². The molecule has 0 radical (unpaired) electrons.